The maximum absolute atomic E-state index is 15.1. The summed E-state index contributed by atoms with van der Waals surface area (Å²) in [5, 5.41) is 39.1. The minimum Gasteiger partial charge on any atom is -0.381 e. The van der Waals surface area contributed by atoms with E-state index in [4.69, 9.17) is 9.72 Å². The number of carbonyl (C=O) groups is 2. The molecule has 0 aliphatic carbocycles. The van der Waals surface area contributed by atoms with E-state index in [1.807, 2.05) is 42.8 Å². The average Bonchev–Trinajstić information content (AvgIpc) is 3.59. The largest absolute Gasteiger partial charge is 0.381 e. The highest BCUT2D eigenvalue weighted by Gasteiger charge is 2.31. The summed E-state index contributed by atoms with van der Waals surface area (Å²) in [5.41, 5.74) is 5.83. The van der Waals surface area contributed by atoms with E-state index in [0.29, 0.717) is 43.3 Å². The molecule has 2 fully saturated rings. The first-order valence-corrected chi connectivity index (χ1v) is 18.6. The first-order chi connectivity index (χ1) is 25.6. The molecular formula is C39H51FN8O5. The molecule has 0 saturated carbocycles. The molecule has 2 aliphatic rings. The van der Waals surface area contributed by atoms with Gasteiger partial charge in [-0.2, -0.15) is 5.10 Å². The van der Waals surface area contributed by atoms with Crippen LogP contribution in [0.1, 0.15) is 56.0 Å². The molecule has 0 spiro atoms. The molecule has 2 aliphatic heterocycles. The Morgan fingerprint density at radius 2 is 1.79 bits per heavy atom. The number of aliphatic hydroxyl groups excluding tert-OH is 2. The number of pyridine rings is 1. The number of halogens is 1. The van der Waals surface area contributed by atoms with Crippen molar-refractivity contribution in [3.05, 3.63) is 76.9 Å². The summed E-state index contributed by atoms with van der Waals surface area (Å²) in [6.07, 6.45) is -0.0791. The van der Waals surface area contributed by atoms with Crippen LogP contribution in [0.3, 0.4) is 0 Å². The molecule has 4 aromatic rings. The van der Waals surface area contributed by atoms with Crippen molar-refractivity contribution >= 4 is 28.5 Å². The summed E-state index contributed by atoms with van der Waals surface area (Å²) in [5.74, 6) is -2.24. The Morgan fingerprint density at radius 3 is 2.51 bits per heavy atom. The molecule has 2 saturated heterocycles. The second-order valence-corrected chi connectivity index (χ2v) is 13.9. The molecular weight excluding hydrogens is 679 g/mol. The standard InChI is InChI=1S/C39H51FN8O5/c1-4-33-30(34(45-28-11-15-53-16-12-28)31-21-44-48(5-2)37(31)46-33)20-43-39(52)36(50)35(49)38(51)42-19-25-9-10-32(40)29(18-25)27-8-6-7-26(17-27)23-47-14-13-41-24(3)22-47/h6-10,17-18,21,24,28,35-36,41,49-50H,4-5,11-16,19-20,22-23H2,1-3H3,(H,42,51)(H,43,52)(H,45,46)/t24-,35-,36-/m0/s1. The van der Waals surface area contributed by atoms with Crippen molar-refractivity contribution in [3.8, 4) is 11.1 Å². The highest BCUT2D eigenvalue weighted by molar-refractivity contribution is 5.93. The van der Waals surface area contributed by atoms with Crippen LogP contribution in [0.25, 0.3) is 22.2 Å². The fourth-order valence-corrected chi connectivity index (χ4v) is 7.12. The quantitative estimate of drug-likeness (QED) is 0.114. The number of hydrogen-bond acceptors (Lipinski definition) is 10. The van der Waals surface area contributed by atoms with Crippen molar-refractivity contribution in [1.29, 1.82) is 0 Å². The van der Waals surface area contributed by atoms with Crippen LogP contribution in [0.15, 0.2) is 48.7 Å². The van der Waals surface area contributed by atoms with E-state index in [1.165, 1.54) is 6.07 Å². The summed E-state index contributed by atoms with van der Waals surface area (Å²) in [6, 6.07) is 12.9. The molecule has 0 unspecified atom stereocenters. The van der Waals surface area contributed by atoms with Gasteiger partial charge in [0.15, 0.2) is 17.9 Å². The molecule has 2 aromatic heterocycles. The first-order valence-electron chi connectivity index (χ1n) is 18.6. The van der Waals surface area contributed by atoms with Gasteiger partial charge in [-0.05, 0) is 68.0 Å². The summed E-state index contributed by atoms with van der Waals surface area (Å²) >= 11 is 0. The average molecular weight is 731 g/mol. The molecule has 0 bridgehead atoms. The van der Waals surface area contributed by atoms with Crippen molar-refractivity contribution in [2.75, 3.05) is 38.2 Å². The van der Waals surface area contributed by atoms with Gasteiger partial charge < -0.3 is 36.2 Å². The smallest absolute Gasteiger partial charge is 0.252 e. The monoisotopic (exact) mass is 730 g/mol. The first kappa shape index (κ1) is 38.3. The molecule has 0 radical (unpaired) electrons. The molecule has 284 valence electrons. The number of rotatable bonds is 14. The summed E-state index contributed by atoms with van der Waals surface area (Å²) in [7, 11) is 0. The number of nitrogens with one attached hydrogen (secondary N) is 4. The predicted octanol–water partition coefficient (Wildman–Crippen LogP) is 2.86. The fraction of sp³-hybridized carbons (Fsp3) is 0.487. The van der Waals surface area contributed by atoms with Crippen LogP contribution in [0.2, 0.25) is 0 Å². The van der Waals surface area contributed by atoms with Gasteiger partial charge in [0.25, 0.3) is 11.8 Å². The highest BCUT2D eigenvalue weighted by atomic mass is 19.1. The third-order valence-electron chi connectivity index (χ3n) is 10.0. The number of aromatic nitrogens is 3. The lowest BCUT2D eigenvalue weighted by atomic mass is 10.00. The molecule has 6 N–H and O–H groups in total. The summed E-state index contributed by atoms with van der Waals surface area (Å²) in [4.78, 5) is 33.3. The SMILES string of the molecule is CCc1nc2c(cnn2CC)c(NC2CCOCC2)c1CNC(=O)[C@@H](O)[C@H](O)C(=O)NCc1ccc(F)c(-c2cccc(CN3CCN[C@@H](C)C3)c2)c1. The van der Waals surface area contributed by atoms with E-state index < -0.39 is 29.8 Å². The zero-order valence-corrected chi connectivity index (χ0v) is 30.7. The number of aliphatic hydroxyl groups is 2. The predicted molar refractivity (Wildman–Crippen MR) is 200 cm³/mol. The van der Waals surface area contributed by atoms with E-state index in [0.717, 1.165) is 78.1 Å². The van der Waals surface area contributed by atoms with Gasteiger partial charge in [-0.25, -0.2) is 14.1 Å². The molecule has 13 nitrogen and oxygen atoms in total. The van der Waals surface area contributed by atoms with Crippen molar-refractivity contribution in [1.82, 2.24) is 35.6 Å². The molecule has 6 rings (SSSR count). The van der Waals surface area contributed by atoms with E-state index in [2.05, 4.69) is 38.2 Å². The highest BCUT2D eigenvalue weighted by Crippen LogP contribution is 2.31. The van der Waals surface area contributed by atoms with Crippen molar-refractivity contribution < 1.29 is 28.9 Å². The van der Waals surface area contributed by atoms with Crippen molar-refractivity contribution in [2.45, 2.75) is 90.5 Å². The van der Waals surface area contributed by atoms with E-state index in [1.54, 1.807) is 18.3 Å². The number of anilines is 1. The van der Waals surface area contributed by atoms with Crippen LogP contribution in [-0.4, -0.2) is 98.8 Å². The minimum atomic E-state index is -2.03. The Hall–Kier alpha value is -4.47. The summed E-state index contributed by atoms with van der Waals surface area (Å²) < 4.78 is 22.4. The Morgan fingerprint density at radius 1 is 1.04 bits per heavy atom. The number of ether oxygens (including phenoxy) is 1. The van der Waals surface area contributed by atoms with Gasteiger partial charge in [-0.1, -0.05) is 31.2 Å². The zero-order valence-electron chi connectivity index (χ0n) is 30.7. The Kier molecular flexibility index (Phi) is 12.7. The van der Waals surface area contributed by atoms with Crippen molar-refractivity contribution in [2.24, 2.45) is 0 Å². The number of piperazine rings is 1. The second kappa shape index (κ2) is 17.6. The topological polar surface area (TPSA) is 166 Å². The lowest BCUT2D eigenvalue weighted by molar-refractivity contribution is -0.146. The van der Waals surface area contributed by atoms with Crippen LogP contribution in [0.4, 0.5) is 10.1 Å². The van der Waals surface area contributed by atoms with Crippen LogP contribution in [0.5, 0.6) is 0 Å². The number of amides is 2. The van der Waals surface area contributed by atoms with Gasteiger partial charge in [-0.3, -0.25) is 14.5 Å². The van der Waals surface area contributed by atoms with Gasteiger partial charge >= 0.3 is 0 Å². The molecule has 14 heteroatoms. The minimum absolute atomic E-state index is 0.00707. The Bertz CT molecular complexity index is 1900. The normalized spacial score (nSPS) is 18.1. The maximum Gasteiger partial charge on any atom is 0.252 e. The second-order valence-electron chi connectivity index (χ2n) is 13.9. The van der Waals surface area contributed by atoms with Crippen LogP contribution in [0, 0.1) is 5.82 Å². The number of nitrogens with zero attached hydrogens (tertiary/aromatic N) is 4. The van der Waals surface area contributed by atoms with E-state index in [9.17, 15) is 19.8 Å². The van der Waals surface area contributed by atoms with Crippen LogP contribution >= 0.6 is 0 Å². The molecule has 2 aromatic carbocycles. The number of fused-ring (bicyclic) bond motifs is 1. The summed E-state index contributed by atoms with van der Waals surface area (Å²) in [6.45, 7) is 11.6. The van der Waals surface area contributed by atoms with Gasteiger partial charge in [0.1, 0.15) is 5.82 Å². The molecule has 4 heterocycles. The third-order valence-corrected chi connectivity index (χ3v) is 10.0. The number of benzene rings is 2. The lowest BCUT2D eigenvalue weighted by Gasteiger charge is -2.31. The number of hydrogen-bond donors (Lipinski definition) is 6. The maximum atomic E-state index is 15.1. The van der Waals surface area contributed by atoms with E-state index >= 15 is 4.39 Å². The van der Waals surface area contributed by atoms with Crippen LogP contribution in [-0.2, 0) is 46.9 Å². The van der Waals surface area contributed by atoms with Crippen molar-refractivity contribution in [3.63, 3.8) is 0 Å². The van der Waals surface area contributed by atoms with Gasteiger partial charge in [0.2, 0.25) is 0 Å². The Labute approximate surface area is 309 Å². The number of aryl methyl sites for hydroxylation is 2. The molecule has 2 amide bonds. The van der Waals surface area contributed by atoms with Gasteiger partial charge in [0.05, 0.1) is 17.3 Å². The third kappa shape index (κ3) is 9.19. The van der Waals surface area contributed by atoms with Gasteiger partial charge in [-0.15, -0.1) is 0 Å². The van der Waals surface area contributed by atoms with E-state index in [-0.39, 0.29) is 19.1 Å². The number of carbonyl (C=O) groups excluding carboxylic acids is 2. The van der Waals surface area contributed by atoms with Gasteiger partial charge in [0, 0.05) is 87.9 Å². The molecule has 53 heavy (non-hydrogen) atoms. The zero-order chi connectivity index (χ0) is 37.5. The fourth-order valence-electron chi connectivity index (χ4n) is 7.12. The molecule has 3 atom stereocenters. The van der Waals surface area contributed by atoms with Crippen LogP contribution < -0.4 is 21.3 Å². The Balaban J connectivity index is 1.09. The lowest BCUT2D eigenvalue weighted by Crippen LogP contribution is -2.49.